The monoisotopic (exact) mass is 196 g/mol. The Bertz CT molecular complexity index is 231. The van der Waals surface area contributed by atoms with Crippen molar-refractivity contribution in [2.75, 3.05) is 0 Å². The molecule has 0 spiro atoms. The fourth-order valence-corrected chi connectivity index (χ4v) is 0.385. The van der Waals surface area contributed by atoms with Gasteiger partial charge >= 0.3 is 29.5 Å². The second-order valence-corrected chi connectivity index (χ2v) is 3.00. The zero-order valence-electron chi connectivity index (χ0n) is 5.58. The van der Waals surface area contributed by atoms with Crippen molar-refractivity contribution in [2.24, 2.45) is 0 Å². The third-order valence-electron chi connectivity index (χ3n) is 0.667. The number of rotatable bonds is 0. The smallest absolute Gasteiger partial charge is 0.0623 e. The average Bonchev–Trinajstić information content (AvgIpc) is 1.88. The Labute approximate surface area is 66.5 Å². The summed E-state index contributed by atoms with van der Waals surface area (Å²) in [4.78, 5) is 0. The summed E-state index contributed by atoms with van der Waals surface area (Å²) in [5, 5.41) is 0. The van der Waals surface area contributed by atoms with Crippen LogP contribution < -0.4 is 0 Å². The van der Waals surface area contributed by atoms with Crippen molar-refractivity contribution in [3.05, 3.63) is 36.4 Å². The fourth-order valence-electron chi connectivity index (χ4n) is 0.385. The van der Waals surface area contributed by atoms with Crippen LogP contribution in [0.25, 0.3) is 0 Å². The molecule has 1 rings (SSSR count). The van der Waals surface area contributed by atoms with E-state index in [1.807, 2.05) is 36.4 Å². The van der Waals surface area contributed by atoms with E-state index in [4.69, 9.17) is 15.9 Å². The van der Waals surface area contributed by atoms with Crippen LogP contribution in [0.1, 0.15) is 0 Å². The molecule has 2 N–H and O–H groups in total. The topological polar surface area (TPSA) is 74.6 Å². The van der Waals surface area contributed by atoms with Crippen LogP contribution in [0, 0.1) is 0 Å². The van der Waals surface area contributed by atoms with Crippen molar-refractivity contribution in [3.63, 3.8) is 0 Å². The maximum Gasteiger partial charge on any atom is -0.0623 e. The number of hydrogen-bond acceptors (Lipinski definition) is 2. The summed E-state index contributed by atoms with van der Waals surface area (Å²) < 4.78 is 31.9. The van der Waals surface area contributed by atoms with Gasteiger partial charge in [0, 0.05) is 0 Å². The predicted octanol–water partition coefficient (Wildman–Crippen LogP) is 0.333. The van der Waals surface area contributed by atoms with Crippen LogP contribution in [0.2, 0.25) is 0 Å². The minimum atomic E-state index is -5.25. The fraction of sp³-hybridized carbons (Fsp3) is 0. The molecule has 0 aromatic heterocycles. The molecule has 0 aliphatic rings. The predicted molar refractivity (Wildman–Crippen MR) is 32.3 cm³/mol. The molecule has 4 nitrogen and oxygen atoms in total. The Morgan fingerprint density at radius 2 is 0.818 bits per heavy atom. The van der Waals surface area contributed by atoms with Gasteiger partial charge in [0.15, 0.2) is 0 Å². The van der Waals surface area contributed by atoms with E-state index >= 15 is 0 Å². The first-order chi connectivity index (χ1) is 5.00. The molecule has 11 heavy (non-hydrogen) atoms. The van der Waals surface area contributed by atoms with Gasteiger partial charge in [-0.1, -0.05) is 36.4 Å². The van der Waals surface area contributed by atoms with Gasteiger partial charge < -0.3 is 0 Å². The number of hydrogen-bond donors (Lipinski definition) is 2. The van der Waals surface area contributed by atoms with Crippen molar-refractivity contribution in [3.8, 4) is 0 Å². The summed E-state index contributed by atoms with van der Waals surface area (Å²) in [6, 6.07) is 12.0. The van der Waals surface area contributed by atoms with Crippen LogP contribution >= 0.6 is 0 Å². The molecule has 0 radical (unpaired) electrons. The van der Waals surface area contributed by atoms with E-state index in [1.165, 1.54) is 0 Å². The third kappa shape index (κ3) is 17.6. The van der Waals surface area contributed by atoms with Gasteiger partial charge in [0.05, 0.1) is 0 Å². The molecule has 5 heteroatoms. The second kappa shape index (κ2) is 4.99. The van der Waals surface area contributed by atoms with Gasteiger partial charge in [-0.3, -0.25) is 0 Å². The Morgan fingerprint density at radius 3 is 0.909 bits per heavy atom. The zero-order valence-corrected chi connectivity index (χ0v) is 6.86. The van der Waals surface area contributed by atoms with E-state index in [0.29, 0.717) is 0 Å². The molecule has 1 aromatic carbocycles. The molecule has 0 unspecified atom stereocenters. The van der Waals surface area contributed by atoms with Gasteiger partial charge in [-0.05, 0) is 0 Å². The van der Waals surface area contributed by atoms with Gasteiger partial charge in [0.25, 0.3) is 0 Å². The summed E-state index contributed by atoms with van der Waals surface area (Å²) in [7, 11) is 0. The van der Waals surface area contributed by atoms with E-state index < -0.39 is 13.6 Å². The molecule has 0 amide bonds. The van der Waals surface area contributed by atoms with Gasteiger partial charge in [-0.2, -0.15) is 0 Å². The molecule has 0 saturated heterocycles. The van der Waals surface area contributed by atoms with Gasteiger partial charge in [0.2, 0.25) is 0 Å². The van der Waals surface area contributed by atoms with Crippen LogP contribution in [-0.4, -0.2) is 8.32 Å². The normalized spacial score (nSPS) is 9.64. The van der Waals surface area contributed by atoms with Crippen LogP contribution in [-0.2, 0) is 21.2 Å². The molecular weight excluding hydrogens is 188 g/mol. The van der Waals surface area contributed by atoms with Crippen molar-refractivity contribution in [1.82, 2.24) is 0 Å². The minimum Gasteiger partial charge on any atom is -0.0623 e. The first kappa shape index (κ1) is 10.3. The molecule has 62 valence electrons. The molecule has 0 fully saturated rings. The van der Waals surface area contributed by atoms with Gasteiger partial charge in [-0.25, -0.2) is 0 Å². The largest absolute Gasteiger partial charge is 0.0623 e. The SMILES string of the molecule is [O]=[Cr](=[O])([OH])[OH].c1ccccc1. The third-order valence-corrected chi connectivity index (χ3v) is 0.667. The van der Waals surface area contributed by atoms with Crippen molar-refractivity contribution < 1.29 is 29.5 Å². The molecule has 0 saturated carbocycles. The minimum absolute atomic E-state index is 2.00. The summed E-state index contributed by atoms with van der Waals surface area (Å²) in [6.45, 7) is 0. The van der Waals surface area contributed by atoms with Crippen molar-refractivity contribution >= 4 is 0 Å². The quantitative estimate of drug-likeness (QED) is 0.627. The Hall–Kier alpha value is -0.728. The first-order valence-corrected chi connectivity index (χ1v) is 4.88. The van der Waals surface area contributed by atoms with Gasteiger partial charge in [0.1, 0.15) is 0 Å². The molecule has 0 aliphatic carbocycles. The van der Waals surface area contributed by atoms with E-state index in [1.54, 1.807) is 0 Å². The number of benzene rings is 1. The molecule has 0 aliphatic heterocycles. The summed E-state index contributed by atoms with van der Waals surface area (Å²) >= 11 is -5.25. The summed E-state index contributed by atoms with van der Waals surface area (Å²) in [5.41, 5.74) is 0. The summed E-state index contributed by atoms with van der Waals surface area (Å²) in [5.74, 6) is 0. The molecule has 0 bridgehead atoms. The van der Waals surface area contributed by atoms with Crippen LogP contribution in [0.4, 0.5) is 0 Å². The first-order valence-electron chi connectivity index (χ1n) is 2.70. The average molecular weight is 196 g/mol. The van der Waals surface area contributed by atoms with E-state index in [9.17, 15) is 0 Å². The zero-order chi connectivity index (χ0) is 8.74. The van der Waals surface area contributed by atoms with Crippen molar-refractivity contribution in [2.45, 2.75) is 0 Å². The molecule has 0 atom stereocenters. The molecule has 1 aromatic rings. The molecule has 0 heterocycles. The van der Waals surface area contributed by atoms with Crippen LogP contribution in [0.3, 0.4) is 0 Å². The Kier molecular flexibility index (Phi) is 4.66. The summed E-state index contributed by atoms with van der Waals surface area (Å²) in [6.07, 6.45) is 0. The second-order valence-electron chi connectivity index (χ2n) is 1.60. The molecular formula is C6H8CrO4. The van der Waals surface area contributed by atoms with Gasteiger partial charge in [-0.15, -0.1) is 0 Å². The Balaban J connectivity index is 0.000000187. The van der Waals surface area contributed by atoms with Crippen molar-refractivity contribution in [1.29, 1.82) is 0 Å². The van der Waals surface area contributed by atoms with E-state index in [-0.39, 0.29) is 0 Å². The Morgan fingerprint density at radius 1 is 0.727 bits per heavy atom. The maximum atomic E-state index is 8.82. The maximum absolute atomic E-state index is 8.82. The van der Waals surface area contributed by atoms with Crippen LogP contribution in [0.5, 0.6) is 0 Å². The standard InChI is InChI=1S/C6H6.Cr.2H2O.2O/c1-2-4-6-5-3-1;;;;;/h1-6H;;2*1H2;;/q;+2;;;;/p-2. The van der Waals surface area contributed by atoms with Crippen LogP contribution in [0.15, 0.2) is 36.4 Å². The van der Waals surface area contributed by atoms with E-state index in [2.05, 4.69) is 0 Å². The van der Waals surface area contributed by atoms with E-state index in [0.717, 1.165) is 0 Å².